The molecule has 0 aliphatic heterocycles. The van der Waals surface area contributed by atoms with E-state index in [9.17, 15) is 22.4 Å². The summed E-state index contributed by atoms with van der Waals surface area (Å²) in [5.41, 5.74) is 10.8. The van der Waals surface area contributed by atoms with Crippen LogP contribution in [0.25, 0.3) is 22.0 Å². The van der Waals surface area contributed by atoms with Crippen LogP contribution in [0.3, 0.4) is 0 Å². The topological polar surface area (TPSA) is 85.2 Å². The molecule has 1 heterocycles. The lowest BCUT2D eigenvalue weighted by Gasteiger charge is -2.22. The lowest BCUT2D eigenvalue weighted by Crippen LogP contribution is -2.33. The number of nitrogens with zero attached hydrogens (tertiary/aromatic N) is 2. The molecule has 0 saturated carbocycles. The highest BCUT2D eigenvalue weighted by Crippen LogP contribution is 2.36. The van der Waals surface area contributed by atoms with Gasteiger partial charge in [-0.2, -0.15) is 0 Å². The number of aromatic nitrogens is 1. The zero-order valence-corrected chi connectivity index (χ0v) is 15.7. The van der Waals surface area contributed by atoms with E-state index in [0.717, 1.165) is 24.3 Å². The van der Waals surface area contributed by atoms with Crippen molar-refractivity contribution in [3.05, 3.63) is 83.9 Å². The van der Waals surface area contributed by atoms with E-state index in [1.165, 1.54) is 18.2 Å². The van der Waals surface area contributed by atoms with Crippen molar-refractivity contribution in [1.29, 1.82) is 0 Å². The molecule has 0 unspecified atom stereocenters. The van der Waals surface area contributed by atoms with Crippen LogP contribution in [-0.2, 0) is 0 Å². The van der Waals surface area contributed by atoms with Crippen LogP contribution in [0.4, 0.5) is 39.5 Å². The number of hydrogen-bond donors (Lipinski definition) is 2. The monoisotopic (exact) mass is 426 g/mol. The molecule has 156 valence electrons. The Morgan fingerprint density at radius 3 is 2.23 bits per heavy atom. The molecule has 0 aliphatic carbocycles. The molecule has 0 atom stereocenters. The molecule has 31 heavy (non-hydrogen) atoms. The molecule has 4 N–H and O–H groups in total. The van der Waals surface area contributed by atoms with Gasteiger partial charge in [-0.3, -0.25) is 0 Å². The summed E-state index contributed by atoms with van der Waals surface area (Å²) in [4.78, 5) is 17.0. The summed E-state index contributed by atoms with van der Waals surface area (Å²) in [7, 11) is 0. The Hall–Kier alpha value is -4.14. The number of carbonyl (C=O) groups is 1. The average Bonchev–Trinajstić information content (AvgIpc) is 2.69. The molecule has 3 aromatic carbocycles. The minimum absolute atomic E-state index is 0.00741. The van der Waals surface area contributed by atoms with Gasteiger partial charge < -0.3 is 11.5 Å². The number of benzene rings is 3. The quantitative estimate of drug-likeness (QED) is 0.346. The lowest BCUT2D eigenvalue weighted by atomic mass is 10.0. The molecule has 1 aromatic heterocycles. The number of hydrogen-bond acceptors (Lipinski definition) is 3. The highest BCUT2D eigenvalue weighted by Gasteiger charge is 2.25. The van der Waals surface area contributed by atoms with Crippen LogP contribution >= 0.6 is 0 Å². The predicted octanol–water partition coefficient (Wildman–Crippen LogP) is 5.26. The molecule has 4 aromatic rings. The molecule has 5 nitrogen and oxygen atoms in total. The van der Waals surface area contributed by atoms with E-state index in [1.807, 2.05) is 0 Å². The number of para-hydroxylation sites is 1. The molecule has 0 saturated heterocycles. The van der Waals surface area contributed by atoms with Crippen molar-refractivity contribution in [3.63, 3.8) is 0 Å². The van der Waals surface area contributed by atoms with Crippen molar-refractivity contribution < 1.29 is 22.4 Å². The van der Waals surface area contributed by atoms with E-state index in [4.69, 9.17) is 11.5 Å². The molecule has 2 amide bonds. The maximum Gasteiger partial charge on any atom is 0.325 e. The Morgan fingerprint density at radius 2 is 1.58 bits per heavy atom. The van der Waals surface area contributed by atoms with E-state index >= 15 is 0 Å². The number of primary amides is 1. The Labute approximate surface area is 173 Å². The van der Waals surface area contributed by atoms with Gasteiger partial charge in [-0.15, -0.1) is 0 Å². The number of nitrogens with two attached hydrogens (primary N) is 2. The number of fused-ring (bicyclic) bond motifs is 1. The molecule has 9 heteroatoms. The molecule has 0 radical (unpaired) electrons. The number of pyridine rings is 1. The third-order valence-corrected chi connectivity index (χ3v) is 4.64. The van der Waals surface area contributed by atoms with E-state index in [-0.39, 0.29) is 17.1 Å². The third-order valence-electron chi connectivity index (χ3n) is 4.64. The normalized spacial score (nSPS) is 11.0. The van der Waals surface area contributed by atoms with E-state index < -0.39 is 35.0 Å². The van der Waals surface area contributed by atoms with Crippen LogP contribution in [0, 0.1) is 23.3 Å². The van der Waals surface area contributed by atoms with Crippen LogP contribution in [0.1, 0.15) is 0 Å². The number of nitrogen functional groups attached to an aromatic ring is 1. The number of rotatable bonds is 3. The molecule has 4 rings (SSSR count). The smallest absolute Gasteiger partial charge is 0.325 e. The number of halogens is 4. The van der Waals surface area contributed by atoms with Gasteiger partial charge in [-0.1, -0.05) is 12.1 Å². The van der Waals surface area contributed by atoms with Gasteiger partial charge in [-0.05, 0) is 47.9 Å². The maximum absolute atomic E-state index is 14.6. The highest BCUT2D eigenvalue weighted by molar-refractivity contribution is 6.03. The molecule has 0 aliphatic rings. The predicted molar refractivity (Wildman–Crippen MR) is 110 cm³/mol. The Bertz CT molecular complexity index is 1320. The summed E-state index contributed by atoms with van der Waals surface area (Å²) in [6.45, 7) is 0. The molecular formula is C22H14F4N4O. The van der Waals surface area contributed by atoms with Crippen LogP contribution in [0.2, 0.25) is 0 Å². The lowest BCUT2D eigenvalue weighted by molar-refractivity contribution is 0.255. The molecule has 0 fully saturated rings. The maximum atomic E-state index is 14.6. The minimum Gasteiger partial charge on any atom is -0.399 e. The van der Waals surface area contributed by atoms with Crippen molar-refractivity contribution in [1.82, 2.24) is 4.98 Å². The largest absolute Gasteiger partial charge is 0.399 e. The molecule has 0 bridgehead atoms. The first-order valence-electron chi connectivity index (χ1n) is 8.95. The summed E-state index contributed by atoms with van der Waals surface area (Å²) in [5, 5.41) is 0.814. The molecular weight excluding hydrogens is 412 g/mol. The van der Waals surface area contributed by atoms with E-state index in [1.54, 1.807) is 12.1 Å². The van der Waals surface area contributed by atoms with Gasteiger partial charge in [0.05, 0.1) is 5.69 Å². The van der Waals surface area contributed by atoms with Gasteiger partial charge >= 0.3 is 6.03 Å². The Kier molecular flexibility index (Phi) is 4.94. The standard InChI is InChI=1S/C22H14F4N4O/c23-12-4-6-15(18(26)10-12)20-14-7-5-13(27)8-11(14)9-19(29-20)30(22(28)31)21-16(24)2-1-3-17(21)25/h1-10H,27H2,(H2,28,31). The van der Waals surface area contributed by atoms with Crippen molar-refractivity contribution in [3.8, 4) is 11.3 Å². The van der Waals surface area contributed by atoms with Gasteiger partial charge in [0.25, 0.3) is 0 Å². The second-order valence-electron chi connectivity index (χ2n) is 6.68. The van der Waals surface area contributed by atoms with E-state index in [2.05, 4.69) is 4.98 Å². The highest BCUT2D eigenvalue weighted by atomic mass is 19.1. The van der Waals surface area contributed by atoms with Crippen molar-refractivity contribution in [2.75, 3.05) is 10.6 Å². The third kappa shape index (κ3) is 3.61. The van der Waals surface area contributed by atoms with Crippen molar-refractivity contribution >= 4 is 34.0 Å². The fourth-order valence-corrected chi connectivity index (χ4v) is 3.30. The van der Waals surface area contributed by atoms with Crippen LogP contribution in [0.15, 0.2) is 60.7 Å². The number of amides is 2. The average molecular weight is 426 g/mol. The van der Waals surface area contributed by atoms with E-state index in [0.29, 0.717) is 27.4 Å². The first kappa shape index (κ1) is 20.1. The fourth-order valence-electron chi connectivity index (χ4n) is 3.30. The molecule has 0 spiro atoms. The van der Waals surface area contributed by atoms with Crippen LogP contribution < -0.4 is 16.4 Å². The van der Waals surface area contributed by atoms with Crippen LogP contribution in [0.5, 0.6) is 0 Å². The number of anilines is 3. The second kappa shape index (κ2) is 7.60. The SMILES string of the molecule is NC(=O)N(c1cc2cc(N)ccc2c(-c2ccc(F)cc2F)n1)c1c(F)cccc1F. The summed E-state index contributed by atoms with van der Waals surface area (Å²) in [6, 6.07) is 10.7. The van der Waals surface area contributed by atoms with Crippen molar-refractivity contribution in [2.24, 2.45) is 5.73 Å². The summed E-state index contributed by atoms with van der Waals surface area (Å²) >= 11 is 0. The fraction of sp³-hybridized carbons (Fsp3) is 0. The van der Waals surface area contributed by atoms with Gasteiger partial charge in [0.15, 0.2) is 0 Å². The zero-order valence-electron chi connectivity index (χ0n) is 15.7. The van der Waals surface area contributed by atoms with Gasteiger partial charge in [0, 0.05) is 22.7 Å². The second-order valence-corrected chi connectivity index (χ2v) is 6.68. The van der Waals surface area contributed by atoms with Gasteiger partial charge in [0.1, 0.15) is 34.8 Å². The number of urea groups is 1. The van der Waals surface area contributed by atoms with Gasteiger partial charge in [-0.25, -0.2) is 32.2 Å². The summed E-state index contributed by atoms with van der Waals surface area (Å²) in [6.07, 6.45) is 0. The summed E-state index contributed by atoms with van der Waals surface area (Å²) < 4.78 is 56.8. The summed E-state index contributed by atoms with van der Waals surface area (Å²) in [5.74, 6) is -4.08. The van der Waals surface area contributed by atoms with Crippen molar-refractivity contribution in [2.45, 2.75) is 0 Å². The van der Waals surface area contributed by atoms with Crippen LogP contribution in [-0.4, -0.2) is 11.0 Å². The Balaban J connectivity index is 2.05. The van der Waals surface area contributed by atoms with Gasteiger partial charge in [0.2, 0.25) is 0 Å². The minimum atomic E-state index is -1.22. The number of carbonyl (C=O) groups excluding carboxylic acids is 1. The zero-order chi connectivity index (χ0) is 22.3. The first-order valence-corrected chi connectivity index (χ1v) is 8.95. The first-order chi connectivity index (χ1) is 14.8. The Morgan fingerprint density at radius 1 is 0.871 bits per heavy atom.